The molecular weight excluding hydrogens is 272 g/mol. The summed E-state index contributed by atoms with van der Waals surface area (Å²) in [6.07, 6.45) is 2.93. The zero-order chi connectivity index (χ0) is 15.2. The molecule has 0 bridgehead atoms. The number of benzene rings is 1. The lowest BCUT2D eigenvalue weighted by Crippen LogP contribution is -2.20. The van der Waals surface area contributed by atoms with Crippen LogP contribution in [0.1, 0.15) is 5.56 Å². The lowest BCUT2D eigenvalue weighted by molar-refractivity contribution is 0.262. The number of nitrogens with zero attached hydrogens (tertiary/aromatic N) is 2. The van der Waals surface area contributed by atoms with Crippen molar-refractivity contribution in [2.24, 2.45) is 0 Å². The van der Waals surface area contributed by atoms with Gasteiger partial charge in [-0.25, -0.2) is 14.8 Å². The molecule has 7 heteroatoms. The van der Waals surface area contributed by atoms with Crippen LogP contribution in [0.15, 0.2) is 30.6 Å². The minimum atomic E-state index is -0.378. The molecule has 1 aromatic carbocycles. The van der Waals surface area contributed by atoms with E-state index < -0.39 is 0 Å². The molecular formula is C14H16N4O3. The quantitative estimate of drug-likeness (QED) is 0.902. The predicted molar refractivity (Wildman–Crippen MR) is 79.0 cm³/mol. The molecule has 0 saturated heterocycles. The van der Waals surface area contributed by atoms with E-state index in [2.05, 4.69) is 20.6 Å². The molecule has 0 saturated carbocycles. The third-order valence-corrected chi connectivity index (χ3v) is 2.75. The van der Waals surface area contributed by atoms with Crippen LogP contribution in [-0.4, -0.2) is 30.2 Å². The summed E-state index contributed by atoms with van der Waals surface area (Å²) in [5, 5.41) is 5.38. The molecule has 0 aliphatic carbocycles. The van der Waals surface area contributed by atoms with Gasteiger partial charge in [-0.15, -0.1) is 0 Å². The van der Waals surface area contributed by atoms with Crippen molar-refractivity contribution in [3.05, 3.63) is 36.2 Å². The van der Waals surface area contributed by atoms with Gasteiger partial charge in [0.15, 0.2) is 0 Å². The van der Waals surface area contributed by atoms with E-state index in [4.69, 9.17) is 9.47 Å². The molecule has 2 N–H and O–H groups in total. The number of hydrogen-bond acceptors (Lipinski definition) is 5. The van der Waals surface area contributed by atoms with Crippen LogP contribution in [0, 0.1) is 6.92 Å². The number of rotatable bonds is 4. The second-order valence-corrected chi connectivity index (χ2v) is 4.22. The van der Waals surface area contributed by atoms with Crippen LogP contribution in [0.5, 0.6) is 11.8 Å². The van der Waals surface area contributed by atoms with Gasteiger partial charge in [-0.2, -0.15) is 0 Å². The third kappa shape index (κ3) is 3.82. The summed E-state index contributed by atoms with van der Waals surface area (Å²) >= 11 is 0. The number of nitrogens with one attached hydrogen (secondary N) is 2. The van der Waals surface area contributed by atoms with Crippen LogP contribution in [0.4, 0.5) is 16.2 Å². The van der Waals surface area contributed by atoms with Crippen LogP contribution in [0.3, 0.4) is 0 Å². The molecule has 0 fully saturated rings. The van der Waals surface area contributed by atoms with Gasteiger partial charge in [0.25, 0.3) is 0 Å². The maximum Gasteiger partial charge on any atom is 0.323 e. The Bertz CT molecular complexity index is 629. The molecule has 0 radical (unpaired) electrons. The Labute approximate surface area is 122 Å². The average molecular weight is 288 g/mol. The monoisotopic (exact) mass is 288 g/mol. The first-order valence-corrected chi connectivity index (χ1v) is 6.21. The van der Waals surface area contributed by atoms with Crippen molar-refractivity contribution in [1.29, 1.82) is 0 Å². The van der Waals surface area contributed by atoms with Crippen LogP contribution in [0.25, 0.3) is 0 Å². The molecule has 0 aliphatic heterocycles. The second kappa shape index (κ2) is 6.56. The molecule has 1 aromatic heterocycles. The van der Waals surface area contributed by atoms with Gasteiger partial charge >= 0.3 is 12.0 Å². The highest BCUT2D eigenvalue weighted by Gasteiger charge is 2.06. The number of aromatic nitrogens is 2. The Balaban J connectivity index is 2.00. The number of aryl methyl sites for hydroxylation is 1. The molecule has 0 aliphatic rings. The van der Waals surface area contributed by atoms with Gasteiger partial charge in [0.05, 0.1) is 32.3 Å². The van der Waals surface area contributed by atoms with Gasteiger partial charge in [0.2, 0.25) is 0 Å². The number of methoxy groups -OCH3 is 2. The van der Waals surface area contributed by atoms with Gasteiger partial charge in [-0.05, 0) is 30.7 Å². The highest BCUT2D eigenvalue weighted by Crippen LogP contribution is 2.21. The average Bonchev–Trinajstić information content (AvgIpc) is 2.50. The van der Waals surface area contributed by atoms with Gasteiger partial charge in [-0.1, -0.05) is 0 Å². The second-order valence-electron chi connectivity index (χ2n) is 4.22. The fraction of sp³-hybridized carbons (Fsp3) is 0.214. The Morgan fingerprint density at radius 3 is 2.38 bits per heavy atom. The molecule has 0 unspecified atom stereocenters. The minimum Gasteiger partial charge on any atom is -0.497 e. The lowest BCUT2D eigenvalue weighted by Gasteiger charge is -2.10. The van der Waals surface area contributed by atoms with Gasteiger partial charge in [0.1, 0.15) is 5.75 Å². The summed E-state index contributed by atoms with van der Waals surface area (Å²) in [7, 11) is 3.07. The Morgan fingerprint density at radius 2 is 1.81 bits per heavy atom. The number of amides is 2. The lowest BCUT2D eigenvalue weighted by atomic mass is 10.2. The molecule has 0 atom stereocenters. The van der Waals surface area contributed by atoms with Crippen LogP contribution in [-0.2, 0) is 0 Å². The molecule has 0 spiro atoms. The molecule has 2 amide bonds. The predicted octanol–water partition coefficient (Wildman–Crippen LogP) is 2.45. The van der Waals surface area contributed by atoms with E-state index in [1.807, 2.05) is 13.0 Å². The Kier molecular flexibility index (Phi) is 4.55. The normalized spacial score (nSPS) is 9.86. The highest BCUT2D eigenvalue weighted by atomic mass is 16.5. The van der Waals surface area contributed by atoms with Crippen LogP contribution >= 0.6 is 0 Å². The highest BCUT2D eigenvalue weighted by molar-refractivity contribution is 6.00. The zero-order valence-corrected chi connectivity index (χ0v) is 12.0. The van der Waals surface area contributed by atoms with E-state index in [1.54, 1.807) is 19.2 Å². The summed E-state index contributed by atoms with van der Waals surface area (Å²) in [5.41, 5.74) is 2.07. The van der Waals surface area contributed by atoms with Crippen molar-refractivity contribution in [3.8, 4) is 11.8 Å². The van der Waals surface area contributed by atoms with E-state index in [0.29, 0.717) is 11.4 Å². The van der Waals surface area contributed by atoms with Crippen molar-refractivity contribution in [2.45, 2.75) is 6.92 Å². The molecule has 21 heavy (non-hydrogen) atoms. The van der Waals surface area contributed by atoms with E-state index in [1.165, 1.54) is 19.5 Å². The summed E-state index contributed by atoms with van der Waals surface area (Å²) in [5.74, 6) is 0.738. The van der Waals surface area contributed by atoms with E-state index in [9.17, 15) is 4.79 Å². The van der Waals surface area contributed by atoms with Crippen molar-refractivity contribution in [2.75, 3.05) is 24.9 Å². The van der Waals surface area contributed by atoms with Gasteiger partial charge < -0.3 is 20.1 Å². The number of ether oxygens (including phenoxy) is 2. The van der Waals surface area contributed by atoms with Crippen molar-refractivity contribution >= 4 is 17.4 Å². The minimum absolute atomic E-state index is 0.243. The van der Waals surface area contributed by atoms with Crippen molar-refractivity contribution < 1.29 is 14.3 Å². The maximum absolute atomic E-state index is 11.9. The van der Waals surface area contributed by atoms with Crippen LogP contribution < -0.4 is 20.1 Å². The number of hydrogen-bond donors (Lipinski definition) is 2. The fourth-order valence-corrected chi connectivity index (χ4v) is 1.67. The number of carbonyl (C=O) groups is 1. The first kappa shape index (κ1) is 14.6. The number of carbonyl (C=O) groups excluding carboxylic acids is 1. The van der Waals surface area contributed by atoms with Gasteiger partial charge in [0, 0.05) is 5.69 Å². The smallest absolute Gasteiger partial charge is 0.323 e. The first-order valence-electron chi connectivity index (χ1n) is 6.21. The van der Waals surface area contributed by atoms with E-state index in [-0.39, 0.29) is 12.0 Å². The summed E-state index contributed by atoms with van der Waals surface area (Å²) < 4.78 is 9.96. The Morgan fingerprint density at radius 1 is 1.10 bits per heavy atom. The summed E-state index contributed by atoms with van der Waals surface area (Å²) in [4.78, 5) is 19.7. The number of urea groups is 1. The zero-order valence-electron chi connectivity index (χ0n) is 12.0. The van der Waals surface area contributed by atoms with E-state index >= 15 is 0 Å². The maximum atomic E-state index is 11.9. The largest absolute Gasteiger partial charge is 0.497 e. The van der Waals surface area contributed by atoms with Gasteiger partial charge in [-0.3, -0.25) is 0 Å². The topological polar surface area (TPSA) is 85.4 Å². The molecule has 1 heterocycles. The SMILES string of the molecule is COc1ccc(NC(=O)Nc2cnc(OC)nc2)c(C)c1. The van der Waals surface area contributed by atoms with Crippen molar-refractivity contribution in [3.63, 3.8) is 0 Å². The molecule has 2 rings (SSSR count). The fourth-order valence-electron chi connectivity index (χ4n) is 1.67. The molecule has 110 valence electrons. The molecule has 7 nitrogen and oxygen atoms in total. The first-order chi connectivity index (χ1) is 10.1. The summed E-state index contributed by atoms with van der Waals surface area (Å²) in [6.45, 7) is 1.88. The van der Waals surface area contributed by atoms with Crippen molar-refractivity contribution in [1.82, 2.24) is 9.97 Å². The van der Waals surface area contributed by atoms with E-state index in [0.717, 1.165) is 11.3 Å². The molecule has 2 aromatic rings. The summed E-state index contributed by atoms with van der Waals surface area (Å²) in [6, 6.07) is 5.26. The standard InChI is InChI=1S/C14H16N4O3/c1-9-6-11(20-2)4-5-12(9)18-13(19)17-10-7-15-14(21-3)16-8-10/h4-8H,1-3H3,(H2,17,18,19). The van der Waals surface area contributed by atoms with Crippen LogP contribution in [0.2, 0.25) is 0 Å². The Hall–Kier alpha value is -2.83. The number of anilines is 2. The third-order valence-electron chi connectivity index (χ3n) is 2.75.